The molecule has 0 bridgehead atoms. The summed E-state index contributed by atoms with van der Waals surface area (Å²) in [4.78, 5) is 4.79. The summed E-state index contributed by atoms with van der Waals surface area (Å²) in [6, 6.07) is 8.47. The Morgan fingerprint density at radius 3 is 2.78 bits per heavy atom. The van der Waals surface area contributed by atoms with E-state index >= 15 is 0 Å². The van der Waals surface area contributed by atoms with Gasteiger partial charge >= 0.3 is 0 Å². The van der Waals surface area contributed by atoms with Crippen LogP contribution in [0.15, 0.2) is 24.3 Å². The zero-order valence-electron chi connectivity index (χ0n) is 10.9. The summed E-state index contributed by atoms with van der Waals surface area (Å²) >= 11 is 1.87. The van der Waals surface area contributed by atoms with Gasteiger partial charge < -0.3 is 5.32 Å². The zero-order chi connectivity index (χ0) is 12.4. The van der Waals surface area contributed by atoms with E-state index in [4.69, 9.17) is 4.98 Å². The minimum atomic E-state index is 0.461. The smallest absolute Gasteiger partial charge is 0.0944 e. The number of fused-ring (bicyclic) bond motifs is 1. The van der Waals surface area contributed by atoms with Gasteiger partial charge in [-0.25, -0.2) is 4.98 Å². The second kappa shape index (κ2) is 4.98. The Morgan fingerprint density at radius 1 is 1.28 bits per heavy atom. The lowest BCUT2D eigenvalue weighted by molar-refractivity contribution is 0.285. The molecule has 1 N–H and O–H groups in total. The first-order valence-corrected chi connectivity index (χ1v) is 7.62. The van der Waals surface area contributed by atoms with Gasteiger partial charge in [-0.15, -0.1) is 11.3 Å². The number of nitrogens with one attached hydrogen (secondary N) is 1. The Bertz CT molecular complexity index is 493. The molecule has 1 heterocycles. The van der Waals surface area contributed by atoms with Crippen molar-refractivity contribution >= 4 is 21.6 Å². The minimum Gasteiger partial charge on any atom is -0.319 e. The molecule has 1 aliphatic carbocycles. The van der Waals surface area contributed by atoms with Crippen molar-refractivity contribution in [3.8, 4) is 0 Å². The number of thiazole rings is 1. The van der Waals surface area contributed by atoms with Crippen LogP contribution >= 0.6 is 11.3 Å². The van der Waals surface area contributed by atoms with Crippen molar-refractivity contribution < 1.29 is 0 Å². The van der Waals surface area contributed by atoms with Gasteiger partial charge in [0, 0.05) is 13.0 Å². The third kappa shape index (κ3) is 2.29. The van der Waals surface area contributed by atoms with Crippen LogP contribution in [0.5, 0.6) is 0 Å². The standard InChI is InChI=1S/C15H20N2S/c1-16-11-15(8-4-5-9-15)10-14-17-12-6-2-3-7-13(12)18-14/h2-3,6-7,16H,4-5,8-11H2,1H3. The summed E-state index contributed by atoms with van der Waals surface area (Å²) in [6.07, 6.45) is 6.61. The first-order chi connectivity index (χ1) is 8.81. The number of benzene rings is 1. The van der Waals surface area contributed by atoms with Crippen molar-refractivity contribution in [2.24, 2.45) is 5.41 Å². The fraction of sp³-hybridized carbons (Fsp3) is 0.533. The van der Waals surface area contributed by atoms with Gasteiger partial charge in [0.1, 0.15) is 0 Å². The highest BCUT2D eigenvalue weighted by atomic mass is 32.1. The van der Waals surface area contributed by atoms with E-state index in [-0.39, 0.29) is 0 Å². The first kappa shape index (κ1) is 12.1. The van der Waals surface area contributed by atoms with E-state index in [2.05, 4.69) is 36.6 Å². The van der Waals surface area contributed by atoms with E-state index in [1.807, 2.05) is 11.3 Å². The minimum absolute atomic E-state index is 0.461. The highest BCUT2D eigenvalue weighted by molar-refractivity contribution is 7.18. The summed E-state index contributed by atoms with van der Waals surface area (Å²) in [5.41, 5.74) is 1.62. The van der Waals surface area contributed by atoms with Crippen LogP contribution < -0.4 is 5.32 Å². The van der Waals surface area contributed by atoms with Crippen LogP contribution in [-0.4, -0.2) is 18.6 Å². The number of hydrogen-bond donors (Lipinski definition) is 1. The van der Waals surface area contributed by atoms with E-state index in [0.717, 1.165) is 18.5 Å². The first-order valence-electron chi connectivity index (χ1n) is 6.80. The van der Waals surface area contributed by atoms with Gasteiger partial charge in [-0.3, -0.25) is 0 Å². The molecule has 0 aliphatic heterocycles. The van der Waals surface area contributed by atoms with Crippen molar-refractivity contribution in [1.29, 1.82) is 0 Å². The Balaban J connectivity index is 1.85. The Hall–Kier alpha value is -0.930. The summed E-state index contributed by atoms with van der Waals surface area (Å²) < 4.78 is 1.32. The molecule has 0 amide bonds. The Kier molecular flexibility index (Phi) is 3.35. The van der Waals surface area contributed by atoms with Crippen LogP contribution in [0.25, 0.3) is 10.2 Å². The molecule has 1 saturated carbocycles. The number of para-hydroxylation sites is 1. The van der Waals surface area contributed by atoms with E-state index < -0.39 is 0 Å². The van der Waals surface area contributed by atoms with Crippen LogP contribution in [0.3, 0.4) is 0 Å². The third-order valence-corrected chi connectivity index (χ3v) is 5.12. The van der Waals surface area contributed by atoms with Crippen LogP contribution in [0.2, 0.25) is 0 Å². The molecule has 18 heavy (non-hydrogen) atoms. The van der Waals surface area contributed by atoms with Gasteiger partial charge in [-0.1, -0.05) is 25.0 Å². The van der Waals surface area contributed by atoms with Crippen molar-refractivity contribution in [2.45, 2.75) is 32.1 Å². The lowest BCUT2D eigenvalue weighted by atomic mass is 9.83. The molecule has 0 saturated heterocycles. The Morgan fingerprint density at radius 2 is 2.06 bits per heavy atom. The molecule has 1 aliphatic rings. The lowest BCUT2D eigenvalue weighted by Gasteiger charge is -2.27. The van der Waals surface area contributed by atoms with Crippen LogP contribution in [0, 0.1) is 5.41 Å². The highest BCUT2D eigenvalue weighted by Crippen LogP contribution is 2.41. The molecular formula is C15H20N2S. The molecule has 1 fully saturated rings. The largest absolute Gasteiger partial charge is 0.319 e. The van der Waals surface area contributed by atoms with Gasteiger partial charge in [0.2, 0.25) is 0 Å². The van der Waals surface area contributed by atoms with Crippen LogP contribution in [0.4, 0.5) is 0 Å². The van der Waals surface area contributed by atoms with Gasteiger partial charge in [0.05, 0.1) is 15.2 Å². The second-order valence-corrected chi connectivity index (χ2v) is 6.60. The molecule has 96 valence electrons. The van der Waals surface area contributed by atoms with E-state index in [9.17, 15) is 0 Å². The molecule has 3 rings (SSSR count). The number of aromatic nitrogens is 1. The predicted molar refractivity (Wildman–Crippen MR) is 78.2 cm³/mol. The van der Waals surface area contributed by atoms with Crippen molar-refractivity contribution in [1.82, 2.24) is 10.3 Å². The molecule has 2 aromatic rings. The van der Waals surface area contributed by atoms with Crippen molar-refractivity contribution in [3.63, 3.8) is 0 Å². The fourth-order valence-corrected chi connectivity index (χ4v) is 4.37. The average Bonchev–Trinajstić information content (AvgIpc) is 2.96. The molecule has 0 radical (unpaired) electrons. The summed E-state index contributed by atoms with van der Waals surface area (Å²) in [7, 11) is 2.07. The van der Waals surface area contributed by atoms with Crippen molar-refractivity contribution in [2.75, 3.05) is 13.6 Å². The van der Waals surface area contributed by atoms with Crippen LogP contribution in [0.1, 0.15) is 30.7 Å². The van der Waals surface area contributed by atoms with Gasteiger partial charge in [-0.05, 0) is 37.4 Å². The average molecular weight is 260 g/mol. The molecule has 0 unspecified atom stereocenters. The monoisotopic (exact) mass is 260 g/mol. The van der Waals surface area contributed by atoms with E-state index in [1.54, 1.807) is 0 Å². The number of nitrogens with zero attached hydrogens (tertiary/aromatic N) is 1. The fourth-order valence-electron chi connectivity index (χ4n) is 3.23. The maximum absolute atomic E-state index is 4.79. The topological polar surface area (TPSA) is 24.9 Å². The van der Waals surface area contributed by atoms with E-state index in [0.29, 0.717) is 5.41 Å². The van der Waals surface area contributed by atoms with Gasteiger partial charge in [0.15, 0.2) is 0 Å². The highest BCUT2D eigenvalue weighted by Gasteiger charge is 2.34. The molecule has 1 aromatic carbocycles. The van der Waals surface area contributed by atoms with Crippen LogP contribution in [-0.2, 0) is 6.42 Å². The molecule has 1 aromatic heterocycles. The summed E-state index contributed by atoms with van der Waals surface area (Å²) in [6.45, 7) is 1.13. The summed E-state index contributed by atoms with van der Waals surface area (Å²) in [5.74, 6) is 0. The lowest BCUT2D eigenvalue weighted by Crippen LogP contribution is -2.31. The number of hydrogen-bond acceptors (Lipinski definition) is 3. The normalized spacial score (nSPS) is 18.5. The third-order valence-electron chi connectivity index (χ3n) is 4.08. The zero-order valence-corrected chi connectivity index (χ0v) is 11.7. The molecule has 0 atom stereocenters. The van der Waals surface area contributed by atoms with Gasteiger partial charge in [0.25, 0.3) is 0 Å². The Labute approximate surface area is 112 Å². The quantitative estimate of drug-likeness (QED) is 0.908. The second-order valence-electron chi connectivity index (χ2n) is 5.49. The SMILES string of the molecule is CNCC1(Cc2nc3ccccc3s2)CCCC1. The number of rotatable bonds is 4. The molecule has 2 nitrogen and oxygen atoms in total. The maximum Gasteiger partial charge on any atom is 0.0944 e. The maximum atomic E-state index is 4.79. The molecule has 0 spiro atoms. The molecule has 3 heteroatoms. The van der Waals surface area contributed by atoms with Gasteiger partial charge in [-0.2, -0.15) is 0 Å². The predicted octanol–water partition coefficient (Wildman–Crippen LogP) is 3.62. The van der Waals surface area contributed by atoms with E-state index in [1.165, 1.54) is 35.4 Å². The van der Waals surface area contributed by atoms with Crippen molar-refractivity contribution in [3.05, 3.63) is 29.3 Å². The molecular weight excluding hydrogens is 240 g/mol. The summed E-state index contributed by atoms with van der Waals surface area (Å²) in [5, 5.41) is 4.69.